The summed E-state index contributed by atoms with van der Waals surface area (Å²) in [6, 6.07) is 13.3. The van der Waals surface area contributed by atoms with E-state index in [1.807, 2.05) is 38.1 Å². The first-order valence-electron chi connectivity index (χ1n) is 8.65. The van der Waals surface area contributed by atoms with Gasteiger partial charge in [0.2, 0.25) is 5.91 Å². The third-order valence-electron chi connectivity index (χ3n) is 4.07. The van der Waals surface area contributed by atoms with Crippen LogP contribution < -0.4 is 10.1 Å². The molecule has 0 saturated carbocycles. The number of nitrogens with zero attached hydrogens (tertiary/aromatic N) is 1. The summed E-state index contributed by atoms with van der Waals surface area (Å²) in [6.07, 6.45) is 0.319. The Labute approximate surface area is 155 Å². The van der Waals surface area contributed by atoms with E-state index in [2.05, 4.69) is 11.4 Å². The van der Waals surface area contributed by atoms with Crippen LogP contribution in [-0.2, 0) is 11.3 Å². The van der Waals surface area contributed by atoms with Crippen LogP contribution in [0.5, 0.6) is 5.75 Å². The first kappa shape index (κ1) is 19.5. The summed E-state index contributed by atoms with van der Waals surface area (Å²) < 4.78 is 5.70. The first-order chi connectivity index (χ1) is 12.4. The molecule has 1 N–H and O–H groups in total. The summed E-state index contributed by atoms with van der Waals surface area (Å²) in [5, 5.41) is 2.59. The molecule has 0 radical (unpaired) electrons. The summed E-state index contributed by atoms with van der Waals surface area (Å²) in [4.78, 5) is 25.5. The average Bonchev–Trinajstić information content (AvgIpc) is 2.60. The predicted octanol–water partition coefficient (Wildman–Crippen LogP) is 3.09. The van der Waals surface area contributed by atoms with Crippen LogP contribution in [0.2, 0.25) is 0 Å². The van der Waals surface area contributed by atoms with Crippen molar-refractivity contribution < 1.29 is 14.3 Å². The van der Waals surface area contributed by atoms with Crippen molar-refractivity contribution in [2.24, 2.45) is 0 Å². The molecule has 0 heterocycles. The average molecular weight is 354 g/mol. The minimum atomic E-state index is -0.121. The van der Waals surface area contributed by atoms with Gasteiger partial charge >= 0.3 is 0 Å². The van der Waals surface area contributed by atoms with Gasteiger partial charge in [0.1, 0.15) is 5.75 Å². The molecule has 0 spiro atoms. The molecule has 2 aromatic carbocycles. The zero-order valence-corrected chi connectivity index (χ0v) is 15.8. The van der Waals surface area contributed by atoms with Crippen molar-refractivity contribution in [3.05, 3.63) is 64.7 Å². The molecule has 2 rings (SSSR count). The highest BCUT2D eigenvalue weighted by molar-refractivity contribution is 5.93. The quantitative estimate of drug-likeness (QED) is 0.831. The van der Waals surface area contributed by atoms with E-state index >= 15 is 0 Å². The van der Waals surface area contributed by atoms with Crippen molar-refractivity contribution in [3.8, 4) is 5.75 Å². The highest BCUT2D eigenvalue weighted by Gasteiger charge is 2.10. The minimum absolute atomic E-state index is 0.0183. The minimum Gasteiger partial charge on any atom is -0.493 e. The summed E-state index contributed by atoms with van der Waals surface area (Å²) in [5.74, 6) is 0.692. The van der Waals surface area contributed by atoms with Gasteiger partial charge in [0.15, 0.2) is 0 Å². The Bertz CT molecular complexity index is 749. The van der Waals surface area contributed by atoms with Gasteiger partial charge in [-0.05, 0) is 54.8 Å². The fourth-order valence-electron chi connectivity index (χ4n) is 2.73. The molecule has 0 aliphatic heterocycles. The Morgan fingerprint density at radius 2 is 1.65 bits per heavy atom. The third-order valence-corrected chi connectivity index (χ3v) is 4.07. The molecule has 0 saturated heterocycles. The number of amides is 2. The number of ether oxygens (including phenoxy) is 1. The maximum absolute atomic E-state index is 12.3. The summed E-state index contributed by atoms with van der Waals surface area (Å²) >= 11 is 0. The second kappa shape index (κ2) is 9.04. The number of rotatable bonds is 7. The van der Waals surface area contributed by atoms with Crippen LogP contribution in [0.3, 0.4) is 0 Å². The van der Waals surface area contributed by atoms with Gasteiger partial charge in [-0.25, -0.2) is 0 Å². The SMILES string of the molecule is CNC(=O)c1ccc(CN(C)C(=O)CCOc2cc(C)cc(C)c2)cc1. The molecule has 0 fully saturated rings. The predicted molar refractivity (Wildman–Crippen MR) is 102 cm³/mol. The van der Waals surface area contributed by atoms with Crippen molar-refractivity contribution in [2.75, 3.05) is 20.7 Å². The molecule has 2 amide bonds. The summed E-state index contributed by atoms with van der Waals surface area (Å²) in [7, 11) is 3.37. The van der Waals surface area contributed by atoms with Crippen molar-refractivity contribution in [3.63, 3.8) is 0 Å². The van der Waals surface area contributed by atoms with E-state index in [0.717, 1.165) is 22.4 Å². The Morgan fingerprint density at radius 1 is 1.04 bits per heavy atom. The van der Waals surface area contributed by atoms with Gasteiger partial charge in [-0.3, -0.25) is 9.59 Å². The molecule has 0 aliphatic carbocycles. The standard InChI is InChI=1S/C21H26N2O3/c1-15-11-16(2)13-19(12-15)26-10-9-20(24)23(4)14-17-5-7-18(8-6-17)21(25)22-3/h5-8,11-13H,9-10,14H2,1-4H3,(H,22,25). The molecular formula is C21H26N2O3. The van der Waals surface area contributed by atoms with Crippen LogP contribution in [0.15, 0.2) is 42.5 Å². The number of benzene rings is 2. The van der Waals surface area contributed by atoms with Gasteiger partial charge in [-0.1, -0.05) is 18.2 Å². The van der Waals surface area contributed by atoms with E-state index < -0.39 is 0 Å². The molecule has 5 heteroatoms. The number of aryl methyl sites for hydroxylation is 2. The highest BCUT2D eigenvalue weighted by Crippen LogP contribution is 2.16. The second-order valence-corrected chi connectivity index (χ2v) is 6.45. The van der Waals surface area contributed by atoms with Crippen LogP contribution in [0.1, 0.15) is 33.5 Å². The number of carbonyl (C=O) groups excluding carboxylic acids is 2. The largest absolute Gasteiger partial charge is 0.493 e. The lowest BCUT2D eigenvalue weighted by molar-refractivity contribution is -0.130. The Kier molecular flexibility index (Phi) is 6.78. The second-order valence-electron chi connectivity index (χ2n) is 6.45. The Balaban J connectivity index is 1.82. The van der Waals surface area contributed by atoms with Crippen molar-refractivity contribution >= 4 is 11.8 Å². The first-order valence-corrected chi connectivity index (χ1v) is 8.65. The molecule has 2 aromatic rings. The van der Waals surface area contributed by atoms with E-state index in [1.54, 1.807) is 31.1 Å². The molecular weight excluding hydrogens is 328 g/mol. The fraction of sp³-hybridized carbons (Fsp3) is 0.333. The number of carbonyl (C=O) groups is 2. The van der Waals surface area contributed by atoms with Gasteiger partial charge in [0.05, 0.1) is 13.0 Å². The number of nitrogens with one attached hydrogen (secondary N) is 1. The monoisotopic (exact) mass is 354 g/mol. The van der Waals surface area contributed by atoms with Crippen LogP contribution in [-0.4, -0.2) is 37.4 Å². The molecule has 138 valence electrons. The van der Waals surface area contributed by atoms with Gasteiger partial charge in [0.25, 0.3) is 5.91 Å². The van der Waals surface area contributed by atoms with E-state index in [0.29, 0.717) is 25.1 Å². The number of hydrogen-bond donors (Lipinski definition) is 1. The highest BCUT2D eigenvalue weighted by atomic mass is 16.5. The Morgan fingerprint density at radius 3 is 2.23 bits per heavy atom. The van der Waals surface area contributed by atoms with Crippen molar-refractivity contribution in [2.45, 2.75) is 26.8 Å². The van der Waals surface area contributed by atoms with E-state index in [4.69, 9.17) is 4.74 Å². The van der Waals surface area contributed by atoms with E-state index in [-0.39, 0.29) is 11.8 Å². The molecule has 0 aliphatic rings. The molecule has 0 bridgehead atoms. The summed E-state index contributed by atoms with van der Waals surface area (Å²) in [6.45, 7) is 4.89. The maximum atomic E-state index is 12.3. The van der Waals surface area contributed by atoms with Crippen LogP contribution >= 0.6 is 0 Å². The van der Waals surface area contributed by atoms with Crippen molar-refractivity contribution in [1.29, 1.82) is 0 Å². The normalized spacial score (nSPS) is 10.3. The molecule has 0 aromatic heterocycles. The molecule has 5 nitrogen and oxygen atoms in total. The van der Waals surface area contributed by atoms with E-state index in [1.165, 1.54) is 0 Å². The zero-order chi connectivity index (χ0) is 19.1. The third kappa shape index (κ3) is 5.62. The lowest BCUT2D eigenvalue weighted by Crippen LogP contribution is -2.27. The van der Waals surface area contributed by atoms with Gasteiger partial charge < -0.3 is 15.0 Å². The van der Waals surface area contributed by atoms with Crippen LogP contribution in [0.4, 0.5) is 0 Å². The van der Waals surface area contributed by atoms with E-state index in [9.17, 15) is 9.59 Å². The zero-order valence-electron chi connectivity index (χ0n) is 15.8. The number of hydrogen-bond acceptors (Lipinski definition) is 3. The molecule has 0 atom stereocenters. The van der Waals surface area contributed by atoms with Gasteiger partial charge in [-0.15, -0.1) is 0 Å². The lowest BCUT2D eigenvalue weighted by Gasteiger charge is -2.18. The van der Waals surface area contributed by atoms with Gasteiger partial charge in [-0.2, -0.15) is 0 Å². The van der Waals surface area contributed by atoms with Crippen LogP contribution in [0.25, 0.3) is 0 Å². The van der Waals surface area contributed by atoms with Crippen LogP contribution in [0, 0.1) is 13.8 Å². The summed E-state index contributed by atoms with van der Waals surface area (Å²) in [5.41, 5.74) is 3.86. The smallest absolute Gasteiger partial charge is 0.251 e. The molecule has 0 unspecified atom stereocenters. The fourth-order valence-corrected chi connectivity index (χ4v) is 2.73. The molecule has 26 heavy (non-hydrogen) atoms. The van der Waals surface area contributed by atoms with Gasteiger partial charge in [0, 0.05) is 26.2 Å². The Hall–Kier alpha value is -2.82. The maximum Gasteiger partial charge on any atom is 0.251 e. The lowest BCUT2D eigenvalue weighted by atomic mass is 10.1. The topological polar surface area (TPSA) is 58.6 Å². The van der Waals surface area contributed by atoms with Crippen molar-refractivity contribution in [1.82, 2.24) is 10.2 Å².